The van der Waals surface area contributed by atoms with Crippen LogP contribution in [0.15, 0.2) is 48.5 Å². The van der Waals surface area contributed by atoms with Gasteiger partial charge in [-0.3, -0.25) is 4.79 Å². The number of fused-ring (bicyclic) bond motifs is 3. The van der Waals surface area contributed by atoms with Crippen LogP contribution in [0.1, 0.15) is 35.9 Å². The lowest BCUT2D eigenvalue weighted by Gasteiger charge is -2.15. The van der Waals surface area contributed by atoms with Crippen LogP contribution in [0.3, 0.4) is 0 Å². The lowest BCUT2D eigenvalue weighted by molar-refractivity contribution is -0.136. The van der Waals surface area contributed by atoms with Crippen molar-refractivity contribution in [2.75, 3.05) is 18.8 Å². The Bertz CT molecular complexity index is 940. The lowest BCUT2D eigenvalue weighted by atomic mass is 9.98. The molecule has 27 heavy (non-hydrogen) atoms. The minimum Gasteiger partial charge on any atom is -0.481 e. The molecule has 6 heteroatoms. The van der Waals surface area contributed by atoms with E-state index >= 15 is 0 Å². The predicted octanol–water partition coefficient (Wildman–Crippen LogP) is 4.12. The zero-order chi connectivity index (χ0) is 22.8. The van der Waals surface area contributed by atoms with E-state index in [1.165, 1.54) is 6.92 Å². The molecule has 0 aliphatic heterocycles. The number of rotatable bonds is 8. The summed E-state index contributed by atoms with van der Waals surface area (Å²) in [6, 6.07) is 15.6. The van der Waals surface area contributed by atoms with Gasteiger partial charge in [0, 0.05) is 26.1 Å². The topological polar surface area (TPSA) is 75.6 Å². The summed E-state index contributed by atoms with van der Waals surface area (Å²) in [4.78, 5) is 23.1. The first-order valence-electron chi connectivity index (χ1n) is 10.5. The minimum atomic E-state index is -2.77. The molecule has 1 atom stereocenters. The van der Waals surface area contributed by atoms with Gasteiger partial charge in [-0.05, 0) is 22.3 Å². The largest absolute Gasteiger partial charge is 0.481 e. The maximum Gasteiger partial charge on any atom is 0.407 e. The Hall–Kier alpha value is -2.47. The van der Waals surface area contributed by atoms with E-state index in [1.807, 2.05) is 53.8 Å². The number of nitrogens with one attached hydrogen (secondary N) is 1. The van der Waals surface area contributed by atoms with E-state index in [-0.39, 0.29) is 18.9 Å². The van der Waals surface area contributed by atoms with Gasteiger partial charge in [0.25, 0.3) is 0 Å². The number of amides is 1. The van der Waals surface area contributed by atoms with Crippen molar-refractivity contribution >= 4 is 23.8 Å². The van der Waals surface area contributed by atoms with Gasteiger partial charge in [0.05, 0.1) is 9.16 Å². The number of aliphatic carboxylic acids is 1. The van der Waals surface area contributed by atoms with E-state index in [1.54, 1.807) is 0 Å². The number of alkyl carbamates (subject to hydrolysis) is 1. The van der Waals surface area contributed by atoms with Crippen molar-refractivity contribution in [2.24, 2.45) is 0 Å². The van der Waals surface area contributed by atoms with E-state index in [9.17, 15) is 9.59 Å². The highest BCUT2D eigenvalue weighted by Crippen LogP contribution is 2.44. The van der Waals surface area contributed by atoms with Crippen molar-refractivity contribution in [1.29, 1.82) is 0 Å². The molecule has 1 unspecified atom stereocenters. The third kappa shape index (κ3) is 4.83. The van der Waals surface area contributed by atoms with Crippen molar-refractivity contribution in [3.8, 4) is 11.1 Å². The third-order valence-electron chi connectivity index (χ3n) is 4.28. The second-order valence-electron chi connectivity index (χ2n) is 6.20. The summed E-state index contributed by atoms with van der Waals surface area (Å²) in [6.45, 7) is -1.31. The van der Waals surface area contributed by atoms with Gasteiger partial charge in [-0.1, -0.05) is 55.5 Å². The van der Waals surface area contributed by atoms with Gasteiger partial charge in [-0.15, -0.1) is 0 Å². The molecule has 0 radical (unpaired) electrons. The van der Waals surface area contributed by atoms with E-state index < -0.39 is 29.5 Å². The van der Waals surface area contributed by atoms with E-state index in [0.717, 1.165) is 22.3 Å². The molecule has 142 valence electrons. The van der Waals surface area contributed by atoms with Gasteiger partial charge in [-0.2, -0.15) is 11.8 Å². The molecule has 2 N–H and O–H groups in total. The molecule has 2 aromatic carbocycles. The molecule has 0 saturated heterocycles. The molecule has 3 rings (SSSR count). The number of carboxylic acids is 1. The van der Waals surface area contributed by atoms with Crippen LogP contribution in [0.25, 0.3) is 11.1 Å². The molecular weight excluding hydrogens is 362 g/mol. The molecule has 0 heterocycles. The minimum absolute atomic E-state index is 0.0263. The smallest absolute Gasteiger partial charge is 0.407 e. The molecule has 0 bridgehead atoms. The summed E-state index contributed by atoms with van der Waals surface area (Å²) in [7, 11) is 0. The fraction of sp³-hybridized carbons (Fsp3) is 0.333. The van der Waals surface area contributed by atoms with Crippen LogP contribution >= 0.6 is 11.8 Å². The molecule has 2 aromatic rings. The number of carbonyl (C=O) groups excluding carboxylic acids is 1. The molecule has 1 aliphatic carbocycles. The van der Waals surface area contributed by atoms with Crippen LogP contribution in [0.2, 0.25) is 0 Å². The third-order valence-corrected chi connectivity index (χ3v) is 5.07. The Morgan fingerprint density at radius 1 is 1.19 bits per heavy atom. The summed E-state index contributed by atoms with van der Waals surface area (Å²) >= 11 is 0.511. The first-order valence-corrected chi connectivity index (χ1v) is 9.42. The van der Waals surface area contributed by atoms with Crippen molar-refractivity contribution in [3.05, 3.63) is 59.7 Å². The molecule has 0 aromatic heterocycles. The maximum atomic E-state index is 12.3. The standard InChI is InChI=1S/C21H23NO4S/c1-14(12-20(23)24)27-11-10-22-21(25)26-13-19-17-8-4-2-6-15(17)16-7-3-5-9-18(16)19/h2-9,14,19H,10-13H2,1H3,(H,22,25)(H,23,24)/i10D2,11D2. The van der Waals surface area contributed by atoms with E-state index in [0.29, 0.717) is 11.8 Å². The molecule has 0 fully saturated rings. The SMILES string of the molecule is [2H]C([2H])(NC(=O)OCC1c2ccccc2-c2ccccc21)C([2H])([2H])SC(C)CC(=O)O. The number of thioether (sulfide) groups is 1. The van der Waals surface area contributed by atoms with Gasteiger partial charge in [0.2, 0.25) is 0 Å². The number of benzene rings is 2. The Kier molecular flexibility index (Phi) is 4.83. The lowest BCUT2D eigenvalue weighted by Crippen LogP contribution is -2.28. The van der Waals surface area contributed by atoms with Gasteiger partial charge >= 0.3 is 12.1 Å². The average molecular weight is 390 g/mol. The van der Waals surface area contributed by atoms with Crippen LogP contribution in [-0.4, -0.2) is 41.2 Å². The molecular formula is C21H23NO4S. The first kappa shape index (κ1) is 14.6. The average Bonchev–Trinajstić information content (AvgIpc) is 2.98. The van der Waals surface area contributed by atoms with Gasteiger partial charge in [0.1, 0.15) is 6.61 Å². The zero-order valence-corrected chi connectivity index (χ0v) is 15.6. The molecule has 5 nitrogen and oxygen atoms in total. The number of carboxylic acid groups (broad SMARTS) is 1. The molecule has 0 spiro atoms. The second-order valence-corrected chi connectivity index (χ2v) is 7.45. The Labute approximate surface area is 168 Å². The first-order chi connectivity index (χ1) is 14.5. The number of carbonyl (C=O) groups is 2. The van der Waals surface area contributed by atoms with Crippen molar-refractivity contribution < 1.29 is 24.9 Å². The number of ether oxygens (including phenoxy) is 1. The number of hydrogen-bond acceptors (Lipinski definition) is 4. The van der Waals surface area contributed by atoms with Gasteiger partial charge < -0.3 is 15.2 Å². The van der Waals surface area contributed by atoms with Crippen LogP contribution in [-0.2, 0) is 9.53 Å². The Balaban J connectivity index is 1.65. The molecule has 0 saturated carbocycles. The quantitative estimate of drug-likeness (QED) is 0.710. The van der Waals surface area contributed by atoms with Gasteiger partial charge in [-0.25, -0.2) is 4.79 Å². The Morgan fingerprint density at radius 3 is 2.37 bits per heavy atom. The highest BCUT2D eigenvalue weighted by Gasteiger charge is 2.28. The summed E-state index contributed by atoms with van der Waals surface area (Å²) in [5, 5.41) is 10.1. The second kappa shape index (κ2) is 8.95. The van der Waals surface area contributed by atoms with Gasteiger partial charge in [0.15, 0.2) is 0 Å². The predicted molar refractivity (Wildman–Crippen MR) is 107 cm³/mol. The summed E-state index contributed by atoms with van der Waals surface area (Å²) in [6.07, 6.45) is -1.41. The highest BCUT2D eigenvalue weighted by atomic mass is 32.2. The normalized spacial score (nSPS) is 16.8. The maximum absolute atomic E-state index is 12.3. The van der Waals surface area contributed by atoms with Crippen LogP contribution in [0.5, 0.6) is 0 Å². The van der Waals surface area contributed by atoms with Crippen molar-refractivity contribution in [1.82, 2.24) is 5.32 Å². The molecule has 1 amide bonds. The summed E-state index contributed by atoms with van der Waals surface area (Å²) in [5.74, 6) is -1.31. The number of hydrogen-bond donors (Lipinski definition) is 2. The monoisotopic (exact) mass is 389 g/mol. The van der Waals surface area contributed by atoms with Crippen molar-refractivity contribution in [3.63, 3.8) is 0 Å². The fourth-order valence-electron chi connectivity index (χ4n) is 3.13. The van der Waals surface area contributed by atoms with Crippen LogP contribution in [0.4, 0.5) is 4.79 Å². The van der Waals surface area contributed by atoms with E-state index in [2.05, 4.69) is 0 Å². The van der Waals surface area contributed by atoms with E-state index in [4.69, 9.17) is 15.3 Å². The van der Waals surface area contributed by atoms with Crippen molar-refractivity contribution in [2.45, 2.75) is 24.5 Å². The molecule has 1 aliphatic rings. The summed E-state index contributed by atoms with van der Waals surface area (Å²) in [5.41, 5.74) is 1.57. The summed E-state index contributed by atoms with van der Waals surface area (Å²) < 4.78 is 37.2. The highest BCUT2D eigenvalue weighted by molar-refractivity contribution is 7.99. The zero-order valence-electron chi connectivity index (χ0n) is 18.8. The van der Waals surface area contributed by atoms with Crippen LogP contribution < -0.4 is 5.32 Å². The fourth-order valence-corrected chi connectivity index (χ4v) is 3.67. The Morgan fingerprint density at radius 2 is 1.78 bits per heavy atom. The van der Waals surface area contributed by atoms with Crippen LogP contribution in [0, 0.1) is 0 Å².